The van der Waals surface area contributed by atoms with E-state index >= 15 is 0 Å². The summed E-state index contributed by atoms with van der Waals surface area (Å²) in [7, 11) is 0. The first kappa shape index (κ1) is 17.2. The summed E-state index contributed by atoms with van der Waals surface area (Å²) >= 11 is 0. The maximum absolute atomic E-state index is 14.8. The highest BCUT2D eigenvalue weighted by Crippen LogP contribution is 2.31. The largest absolute Gasteiger partial charge is 0.481 e. The molecule has 0 fully saturated rings. The molecule has 2 N–H and O–H groups in total. The Kier molecular flexibility index (Phi) is 4.56. The third kappa shape index (κ3) is 3.39. The van der Waals surface area contributed by atoms with Crippen LogP contribution in [0.5, 0.6) is 5.75 Å². The molecule has 0 aliphatic carbocycles. The van der Waals surface area contributed by atoms with E-state index in [1.807, 2.05) is 49.4 Å². The molecular weight excluding hydrogens is 343 g/mol. The monoisotopic (exact) mass is 362 g/mol. The van der Waals surface area contributed by atoms with Crippen LogP contribution in [0.15, 0.2) is 73.2 Å². The Hall–Kier alpha value is -3.25. The number of ether oxygens (including phenoxy) is 1. The van der Waals surface area contributed by atoms with Gasteiger partial charge in [0.15, 0.2) is 11.6 Å². The summed E-state index contributed by atoms with van der Waals surface area (Å²) in [6, 6.07) is 16.0. The topological polar surface area (TPSA) is 66.0 Å². The Morgan fingerprint density at radius 3 is 2.59 bits per heavy atom. The number of hydrogen-bond acceptors (Lipinski definition) is 4. The Bertz CT molecular complexity index is 1050. The number of aromatic nitrogens is 3. The fourth-order valence-corrected chi connectivity index (χ4v) is 3.06. The van der Waals surface area contributed by atoms with Crippen molar-refractivity contribution >= 4 is 10.9 Å². The Morgan fingerprint density at radius 1 is 1.07 bits per heavy atom. The number of pyridine rings is 1. The van der Waals surface area contributed by atoms with Crippen LogP contribution in [0.25, 0.3) is 16.6 Å². The average molecular weight is 362 g/mol. The zero-order chi connectivity index (χ0) is 18.8. The van der Waals surface area contributed by atoms with Crippen LogP contribution >= 0.6 is 0 Å². The summed E-state index contributed by atoms with van der Waals surface area (Å²) in [5.41, 5.74) is 8.40. The van der Waals surface area contributed by atoms with Crippen molar-refractivity contribution < 1.29 is 9.13 Å². The molecule has 6 heteroatoms. The van der Waals surface area contributed by atoms with Gasteiger partial charge in [-0.3, -0.25) is 4.98 Å². The minimum atomic E-state index is -0.463. The molecule has 5 nitrogen and oxygen atoms in total. The molecule has 2 heterocycles. The lowest BCUT2D eigenvalue weighted by atomic mass is 10.0. The van der Waals surface area contributed by atoms with E-state index in [4.69, 9.17) is 10.5 Å². The predicted octanol–water partition coefficient (Wildman–Crippen LogP) is 4.03. The Balaban J connectivity index is 1.72. The van der Waals surface area contributed by atoms with Crippen molar-refractivity contribution in [3.63, 3.8) is 0 Å². The van der Waals surface area contributed by atoms with Crippen LogP contribution in [0.3, 0.4) is 0 Å². The maximum atomic E-state index is 14.8. The molecule has 0 saturated heterocycles. The second kappa shape index (κ2) is 7.17. The molecule has 4 aromatic rings. The van der Waals surface area contributed by atoms with Crippen molar-refractivity contribution in [2.24, 2.45) is 5.73 Å². The minimum absolute atomic E-state index is 0.152. The van der Waals surface area contributed by atoms with Crippen LogP contribution in [-0.4, -0.2) is 20.8 Å². The first-order valence-corrected chi connectivity index (χ1v) is 8.68. The van der Waals surface area contributed by atoms with Gasteiger partial charge >= 0.3 is 0 Å². The molecule has 0 spiro atoms. The number of nitrogens with zero attached hydrogens (tertiary/aromatic N) is 3. The lowest BCUT2D eigenvalue weighted by Crippen LogP contribution is -2.29. The van der Waals surface area contributed by atoms with Gasteiger partial charge in [-0.2, -0.15) is 5.10 Å². The molecule has 2 aromatic heterocycles. The van der Waals surface area contributed by atoms with E-state index in [9.17, 15) is 4.39 Å². The molecule has 0 aliphatic rings. The van der Waals surface area contributed by atoms with Gasteiger partial charge < -0.3 is 10.5 Å². The molecule has 0 bridgehead atoms. The van der Waals surface area contributed by atoms with Crippen molar-refractivity contribution in [3.8, 4) is 11.4 Å². The molecule has 136 valence electrons. The molecule has 2 atom stereocenters. The molecule has 0 radical (unpaired) electrons. The van der Waals surface area contributed by atoms with E-state index < -0.39 is 11.9 Å². The first-order chi connectivity index (χ1) is 13.1. The van der Waals surface area contributed by atoms with E-state index in [0.717, 1.165) is 16.6 Å². The molecule has 4 rings (SSSR count). The molecule has 2 aromatic carbocycles. The van der Waals surface area contributed by atoms with Gasteiger partial charge in [-0.25, -0.2) is 9.07 Å². The zero-order valence-corrected chi connectivity index (χ0v) is 14.8. The molecule has 0 saturated carbocycles. The van der Waals surface area contributed by atoms with E-state index in [1.54, 1.807) is 29.3 Å². The number of rotatable bonds is 5. The third-order valence-corrected chi connectivity index (χ3v) is 4.37. The number of hydrogen-bond donors (Lipinski definition) is 1. The van der Waals surface area contributed by atoms with E-state index in [0.29, 0.717) is 5.52 Å². The molecule has 2 unspecified atom stereocenters. The maximum Gasteiger partial charge on any atom is 0.167 e. The minimum Gasteiger partial charge on any atom is -0.481 e. The van der Waals surface area contributed by atoms with Gasteiger partial charge in [-0.15, -0.1) is 0 Å². The van der Waals surface area contributed by atoms with Crippen molar-refractivity contribution in [3.05, 3.63) is 84.6 Å². The summed E-state index contributed by atoms with van der Waals surface area (Å²) < 4.78 is 22.4. The van der Waals surface area contributed by atoms with Crippen molar-refractivity contribution in [2.45, 2.75) is 19.1 Å². The Morgan fingerprint density at radius 2 is 1.89 bits per heavy atom. The summed E-state index contributed by atoms with van der Waals surface area (Å²) in [5, 5.41) is 5.12. The number of halogens is 1. The van der Waals surface area contributed by atoms with Gasteiger partial charge in [0.05, 0.1) is 23.6 Å². The van der Waals surface area contributed by atoms with Crippen LogP contribution < -0.4 is 10.5 Å². The molecule has 0 amide bonds. The van der Waals surface area contributed by atoms with Crippen LogP contribution in [0.4, 0.5) is 4.39 Å². The normalized spacial score (nSPS) is 13.4. The van der Waals surface area contributed by atoms with Gasteiger partial charge in [0.1, 0.15) is 6.10 Å². The molecule has 27 heavy (non-hydrogen) atoms. The van der Waals surface area contributed by atoms with Gasteiger partial charge in [0, 0.05) is 23.7 Å². The van der Waals surface area contributed by atoms with Crippen LogP contribution in [0.2, 0.25) is 0 Å². The average Bonchev–Trinajstić information content (AvgIpc) is 3.09. The second-order valence-corrected chi connectivity index (χ2v) is 6.42. The fourth-order valence-electron chi connectivity index (χ4n) is 3.06. The second-order valence-electron chi connectivity index (χ2n) is 6.42. The fraction of sp³-hybridized carbons (Fsp3) is 0.143. The van der Waals surface area contributed by atoms with Crippen molar-refractivity contribution in [1.29, 1.82) is 0 Å². The number of fused-ring (bicyclic) bond motifs is 1. The highest BCUT2D eigenvalue weighted by atomic mass is 19.1. The highest BCUT2D eigenvalue weighted by molar-refractivity contribution is 5.82. The highest BCUT2D eigenvalue weighted by Gasteiger charge is 2.21. The molecular formula is C21H19FN4O. The van der Waals surface area contributed by atoms with Crippen molar-refractivity contribution in [1.82, 2.24) is 14.8 Å². The smallest absolute Gasteiger partial charge is 0.167 e. The van der Waals surface area contributed by atoms with Crippen LogP contribution in [0.1, 0.15) is 18.6 Å². The predicted molar refractivity (Wildman–Crippen MR) is 102 cm³/mol. The third-order valence-electron chi connectivity index (χ3n) is 4.37. The Labute approximate surface area is 156 Å². The van der Waals surface area contributed by atoms with Gasteiger partial charge in [0.2, 0.25) is 0 Å². The van der Waals surface area contributed by atoms with Gasteiger partial charge in [0.25, 0.3) is 0 Å². The number of nitrogens with two attached hydrogens (primary N) is 1. The standard InChI is InChI=1S/C21H19FN4O/c1-14(23)21(15-6-3-2-4-7-15)27-20-10-16-12-25-26(19(16)11-18(20)22)17-8-5-9-24-13-17/h2-14,21H,23H2,1H3. The number of benzene rings is 2. The van der Waals surface area contributed by atoms with Crippen LogP contribution in [-0.2, 0) is 0 Å². The summed E-state index contributed by atoms with van der Waals surface area (Å²) in [6.07, 6.45) is 4.58. The lowest BCUT2D eigenvalue weighted by Gasteiger charge is -2.23. The quantitative estimate of drug-likeness (QED) is 0.582. The molecule has 0 aliphatic heterocycles. The van der Waals surface area contributed by atoms with E-state index in [1.165, 1.54) is 6.07 Å². The van der Waals surface area contributed by atoms with Gasteiger partial charge in [-0.05, 0) is 30.7 Å². The van der Waals surface area contributed by atoms with Crippen LogP contribution in [0, 0.1) is 5.82 Å². The summed E-state index contributed by atoms with van der Waals surface area (Å²) in [5.74, 6) is -0.311. The summed E-state index contributed by atoms with van der Waals surface area (Å²) in [4.78, 5) is 4.09. The van der Waals surface area contributed by atoms with Crippen molar-refractivity contribution in [2.75, 3.05) is 0 Å². The first-order valence-electron chi connectivity index (χ1n) is 8.68. The zero-order valence-electron chi connectivity index (χ0n) is 14.8. The lowest BCUT2D eigenvalue weighted by molar-refractivity contribution is 0.173. The van der Waals surface area contributed by atoms with E-state index in [-0.39, 0.29) is 11.8 Å². The summed E-state index contributed by atoms with van der Waals surface area (Å²) in [6.45, 7) is 1.84. The SMILES string of the molecule is CC(N)C(Oc1cc2cnn(-c3cccnc3)c2cc1F)c1ccccc1. The van der Waals surface area contributed by atoms with Gasteiger partial charge in [-0.1, -0.05) is 30.3 Å². The van der Waals surface area contributed by atoms with E-state index in [2.05, 4.69) is 10.1 Å².